The molecule has 0 atom stereocenters. The molecule has 0 bridgehead atoms. The Morgan fingerprint density at radius 3 is 2.45 bits per heavy atom. The fraction of sp³-hybridized carbons (Fsp3) is 0.200. The van der Waals surface area contributed by atoms with Crippen molar-refractivity contribution in [2.24, 2.45) is 27.2 Å². The second-order valence-corrected chi connectivity index (χ2v) is 5.51. The van der Waals surface area contributed by atoms with E-state index in [1.54, 1.807) is 6.07 Å². The van der Waals surface area contributed by atoms with Crippen LogP contribution in [0.5, 0.6) is 5.75 Å². The molecule has 20 heavy (non-hydrogen) atoms. The van der Waals surface area contributed by atoms with Gasteiger partial charge in [0.1, 0.15) is 5.75 Å². The third kappa shape index (κ3) is 5.02. The van der Waals surface area contributed by atoms with Crippen LogP contribution < -0.4 is 26.7 Å². The molecule has 0 spiro atoms. The number of benzene rings is 1. The van der Waals surface area contributed by atoms with Crippen LogP contribution in [0.25, 0.3) is 0 Å². The number of aliphatic imine (C=N–C) groups is 2. The number of guanidine groups is 2. The largest absolute Gasteiger partial charge is 0.497 e. The second kappa shape index (κ2) is 6.10. The predicted molar refractivity (Wildman–Crippen MR) is 78.6 cm³/mol. The first-order valence-corrected chi connectivity index (χ1v) is 7.20. The molecular formula is C10H16N6O3S. The average molecular weight is 300 g/mol. The number of nitrogens with zero attached hydrogens (tertiary/aromatic N) is 2. The summed E-state index contributed by atoms with van der Waals surface area (Å²) in [6, 6.07) is 4.55. The summed E-state index contributed by atoms with van der Waals surface area (Å²) in [5.41, 5.74) is 16.3. The third-order valence-electron chi connectivity index (χ3n) is 1.98. The predicted octanol–water partition coefficient (Wildman–Crippen LogP) is -0.714. The summed E-state index contributed by atoms with van der Waals surface area (Å²) in [7, 11) is -2.00. The normalized spacial score (nSPS) is 11.8. The van der Waals surface area contributed by atoms with Crippen molar-refractivity contribution >= 4 is 33.3 Å². The van der Waals surface area contributed by atoms with E-state index in [0.29, 0.717) is 5.75 Å². The summed E-state index contributed by atoms with van der Waals surface area (Å²) < 4.78 is 29.9. The van der Waals surface area contributed by atoms with Crippen molar-refractivity contribution < 1.29 is 13.2 Å². The fourth-order valence-electron chi connectivity index (χ4n) is 1.30. The molecule has 10 heteroatoms. The number of anilines is 1. The van der Waals surface area contributed by atoms with Gasteiger partial charge in [0, 0.05) is 6.07 Å². The van der Waals surface area contributed by atoms with Crippen LogP contribution in [0.2, 0.25) is 0 Å². The lowest BCUT2D eigenvalue weighted by atomic mass is 10.2. The van der Waals surface area contributed by atoms with Crippen LogP contribution in [-0.4, -0.2) is 33.7 Å². The topological polar surface area (TPSA) is 158 Å². The number of sulfonamides is 1. The second-order valence-electron chi connectivity index (χ2n) is 3.76. The first-order chi connectivity index (χ1) is 9.21. The van der Waals surface area contributed by atoms with E-state index in [1.165, 1.54) is 19.2 Å². The molecule has 0 aliphatic heterocycles. The molecule has 0 heterocycles. The van der Waals surface area contributed by atoms with E-state index in [9.17, 15) is 8.42 Å². The number of hydrogen-bond acceptors (Lipinski definition) is 4. The lowest BCUT2D eigenvalue weighted by Gasteiger charge is -2.09. The maximum absolute atomic E-state index is 11.3. The van der Waals surface area contributed by atoms with Crippen LogP contribution >= 0.6 is 0 Å². The molecular weight excluding hydrogens is 284 g/mol. The van der Waals surface area contributed by atoms with E-state index >= 15 is 0 Å². The Morgan fingerprint density at radius 2 is 1.95 bits per heavy atom. The number of methoxy groups -OCH3 is 1. The molecule has 0 unspecified atom stereocenters. The van der Waals surface area contributed by atoms with Gasteiger partial charge in [-0.2, -0.15) is 4.99 Å². The van der Waals surface area contributed by atoms with Crippen LogP contribution in [-0.2, 0) is 10.0 Å². The molecule has 0 aliphatic carbocycles. The monoisotopic (exact) mass is 300 g/mol. The first kappa shape index (κ1) is 15.6. The van der Waals surface area contributed by atoms with Gasteiger partial charge in [-0.3, -0.25) is 4.72 Å². The van der Waals surface area contributed by atoms with Crippen LogP contribution in [0.1, 0.15) is 0 Å². The molecule has 0 aliphatic rings. The third-order valence-corrected chi connectivity index (χ3v) is 2.57. The summed E-state index contributed by atoms with van der Waals surface area (Å²) in [6.07, 6.45) is 1.02. The van der Waals surface area contributed by atoms with Gasteiger partial charge < -0.3 is 21.9 Å². The quantitative estimate of drug-likeness (QED) is 0.424. The van der Waals surface area contributed by atoms with Gasteiger partial charge in [-0.25, -0.2) is 13.4 Å². The lowest BCUT2D eigenvalue weighted by Crippen LogP contribution is -2.26. The van der Waals surface area contributed by atoms with E-state index in [-0.39, 0.29) is 23.3 Å². The average Bonchev–Trinajstić information content (AvgIpc) is 2.28. The Kier molecular flexibility index (Phi) is 4.75. The van der Waals surface area contributed by atoms with E-state index in [0.717, 1.165) is 6.26 Å². The number of nitrogens with two attached hydrogens (primary N) is 3. The van der Waals surface area contributed by atoms with Crippen molar-refractivity contribution in [2.45, 2.75) is 0 Å². The summed E-state index contributed by atoms with van der Waals surface area (Å²) in [6.45, 7) is 0. The van der Waals surface area contributed by atoms with Gasteiger partial charge in [-0.15, -0.1) is 0 Å². The zero-order chi connectivity index (χ0) is 15.3. The van der Waals surface area contributed by atoms with Crippen molar-refractivity contribution in [3.05, 3.63) is 18.2 Å². The number of ether oxygens (including phenoxy) is 1. The zero-order valence-electron chi connectivity index (χ0n) is 11.0. The van der Waals surface area contributed by atoms with E-state index in [2.05, 4.69) is 14.7 Å². The minimum atomic E-state index is -3.46. The fourth-order valence-corrected chi connectivity index (χ4v) is 1.87. The van der Waals surface area contributed by atoms with Crippen molar-refractivity contribution in [3.63, 3.8) is 0 Å². The molecule has 1 rings (SSSR count). The number of hydrogen-bond donors (Lipinski definition) is 4. The molecule has 1 aromatic rings. The lowest BCUT2D eigenvalue weighted by molar-refractivity contribution is 0.415. The number of nitrogens with one attached hydrogen (secondary N) is 1. The Hall–Kier alpha value is -2.49. The standard InChI is InChI=1S/C10H16N6O3S/c1-19-6-3-4-7(16-20(2,17)18)8(5-6)14-10(13)15-9(11)12/h3-5,16H,1-2H3,(H6,11,12,13,14,15). The highest BCUT2D eigenvalue weighted by Gasteiger charge is 2.09. The molecule has 0 amide bonds. The van der Waals surface area contributed by atoms with Crippen molar-refractivity contribution in [1.82, 2.24) is 0 Å². The Bertz CT molecular complexity index is 649. The van der Waals surface area contributed by atoms with Gasteiger partial charge in [0.25, 0.3) is 0 Å². The van der Waals surface area contributed by atoms with Crippen molar-refractivity contribution in [3.8, 4) is 5.75 Å². The SMILES string of the molecule is COc1ccc(NS(C)(=O)=O)c(N=C(N)N=C(N)N)c1. The highest BCUT2D eigenvalue weighted by atomic mass is 32.2. The van der Waals surface area contributed by atoms with Crippen LogP contribution in [0.4, 0.5) is 11.4 Å². The maximum atomic E-state index is 11.3. The minimum absolute atomic E-state index is 0.213. The van der Waals surface area contributed by atoms with Gasteiger partial charge in [0.2, 0.25) is 16.0 Å². The first-order valence-electron chi connectivity index (χ1n) is 5.31. The Labute approximate surface area is 116 Å². The summed E-state index contributed by atoms with van der Waals surface area (Å²) in [5.74, 6) is 0.00173. The minimum Gasteiger partial charge on any atom is -0.497 e. The van der Waals surface area contributed by atoms with Crippen LogP contribution in [0, 0.1) is 0 Å². The maximum Gasteiger partial charge on any atom is 0.229 e. The smallest absolute Gasteiger partial charge is 0.229 e. The summed E-state index contributed by atoms with van der Waals surface area (Å²) in [5, 5.41) is 0. The van der Waals surface area contributed by atoms with E-state index in [1.807, 2.05) is 0 Å². The highest BCUT2D eigenvalue weighted by Crippen LogP contribution is 2.30. The summed E-state index contributed by atoms with van der Waals surface area (Å²) in [4.78, 5) is 7.48. The van der Waals surface area contributed by atoms with Crippen LogP contribution in [0.3, 0.4) is 0 Å². The molecule has 7 N–H and O–H groups in total. The van der Waals surface area contributed by atoms with Crippen molar-refractivity contribution in [2.75, 3.05) is 18.1 Å². The molecule has 0 fully saturated rings. The van der Waals surface area contributed by atoms with Crippen LogP contribution in [0.15, 0.2) is 28.2 Å². The summed E-state index contributed by atoms with van der Waals surface area (Å²) >= 11 is 0. The molecule has 0 saturated heterocycles. The zero-order valence-corrected chi connectivity index (χ0v) is 11.8. The van der Waals surface area contributed by atoms with Gasteiger partial charge in [0.05, 0.1) is 24.7 Å². The van der Waals surface area contributed by atoms with Gasteiger partial charge in [-0.05, 0) is 12.1 Å². The molecule has 9 nitrogen and oxygen atoms in total. The molecule has 0 aromatic heterocycles. The molecule has 1 aromatic carbocycles. The number of rotatable bonds is 4. The van der Waals surface area contributed by atoms with E-state index in [4.69, 9.17) is 21.9 Å². The Morgan fingerprint density at radius 1 is 1.30 bits per heavy atom. The van der Waals surface area contributed by atoms with Gasteiger partial charge in [-0.1, -0.05) is 0 Å². The molecule has 0 radical (unpaired) electrons. The highest BCUT2D eigenvalue weighted by molar-refractivity contribution is 7.92. The van der Waals surface area contributed by atoms with Crippen molar-refractivity contribution in [1.29, 1.82) is 0 Å². The Balaban J connectivity index is 3.29. The van der Waals surface area contributed by atoms with Gasteiger partial charge >= 0.3 is 0 Å². The molecule has 0 saturated carbocycles. The van der Waals surface area contributed by atoms with Gasteiger partial charge in [0.15, 0.2) is 5.96 Å². The molecule has 110 valence electrons. The van der Waals surface area contributed by atoms with E-state index < -0.39 is 10.0 Å².